The molecule has 0 radical (unpaired) electrons. The quantitative estimate of drug-likeness (QED) is 0.0370. The van der Waals surface area contributed by atoms with E-state index in [-0.39, 0.29) is 67.9 Å². The summed E-state index contributed by atoms with van der Waals surface area (Å²) in [4.78, 5) is 49.1. The Kier molecular flexibility index (Phi) is 67.4. The normalized spacial score (nSPS) is 12.5. The first-order valence-electron chi connectivity index (χ1n) is 38.6. The van der Waals surface area contributed by atoms with Gasteiger partial charge in [-0.2, -0.15) is 8.42 Å². The zero-order valence-corrected chi connectivity index (χ0v) is 68.5. The predicted octanol–water partition coefficient (Wildman–Crippen LogP) is 4.84. The zero-order valence-electron chi connectivity index (χ0n) is 67.7. The number of hydrogen-bond donors (Lipinski definition) is 0. The molecule has 0 spiro atoms. The minimum Gasteiger partial charge on any atom is -0.460 e. The van der Waals surface area contributed by atoms with Gasteiger partial charge in [0.1, 0.15) is 11.2 Å². The lowest BCUT2D eigenvalue weighted by molar-refractivity contribution is -0.157. The third-order valence-electron chi connectivity index (χ3n) is 14.0. The lowest BCUT2D eigenvalue weighted by Crippen LogP contribution is -2.33. The van der Waals surface area contributed by atoms with Crippen LogP contribution in [0.15, 0.2) is 53.4 Å². The van der Waals surface area contributed by atoms with Crippen LogP contribution in [0.4, 0.5) is 0 Å². The van der Waals surface area contributed by atoms with E-state index in [1.54, 1.807) is 36.4 Å². The van der Waals surface area contributed by atoms with Crippen LogP contribution in [-0.4, -0.2) is 379 Å². The monoisotopic (exact) mass is 1630 g/mol. The zero-order chi connectivity index (χ0) is 81.2. The summed E-state index contributed by atoms with van der Waals surface area (Å²) >= 11 is 0. The second-order valence-corrected chi connectivity index (χ2v) is 27.4. The van der Waals surface area contributed by atoms with Crippen molar-refractivity contribution in [3.63, 3.8) is 0 Å². The smallest absolute Gasteiger partial charge is 0.308 e. The van der Waals surface area contributed by atoms with Crippen LogP contribution in [0.25, 0.3) is 0 Å². The highest BCUT2D eigenvalue weighted by atomic mass is 32.2. The summed E-state index contributed by atoms with van der Waals surface area (Å²) in [7, 11) is -3.78. The number of aryl methyl sites for hydroxylation is 1. The fourth-order valence-electron chi connectivity index (χ4n) is 8.71. The van der Waals surface area contributed by atoms with Gasteiger partial charge in [-0.05, 0) is 72.7 Å². The Balaban J connectivity index is 0.000000760. The Morgan fingerprint density at radius 2 is 0.464 bits per heavy atom. The van der Waals surface area contributed by atoms with E-state index in [0.29, 0.717) is 315 Å². The number of rotatable bonds is 80. The summed E-state index contributed by atoms with van der Waals surface area (Å²) in [6.45, 7) is 33.9. The Labute approximate surface area is 664 Å². The van der Waals surface area contributed by atoms with E-state index in [4.69, 9.17) is 127 Å². The SMILES string of the molecule is CC(C)(C)OC(=O)CCOCCOCCOCCOCCOCCOCCOCCOCCOCCOCCOCCOCCN1C(=O)c2ccccc2C1=O.Cc1ccc(S(=O)(=O)OCCOCCOCCOCCOCCOCCOCCOCCOCCOCCOCCOCCOCCC(=O)OC(C)(C)C)cc1. The predicted molar refractivity (Wildman–Crippen MR) is 407 cm³/mol. The minimum absolute atomic E-state index is 0.0654. The van der Waals surface area contributed by atoms with Gasteiger partial charge in [-0.1, -0.05) is 29.8 Å². The Hall–Kier alpha value is -4.53. The largest absolute Gasteiger partial charge is 0.460 e. The van der Waals surface area contributed by atoms with Gasteiger partial charge in [-0.25, -0.2) is 0 Å². The molecular weight excluding hydrogens is 1500 g/mol. The first-order valence-corrected chi connectivity index (χ1v) is 40.0. The van der Waals surface area contributed by atoms with Crippen molar-refractivity contribution in [1.82, 2.24) is 4.90 Å². The van der Waals surface area contributed by atoms with Crippen molar-refractivity contribution < 1.29 is 155 Å². The van der Waals surface area contributed by atoms with Crippen LogP contribution < -0.4 is 0 Å². The molecule has 1 aliphatic rings. The van der Waals surface area contributed by atoms with E-state index in [9.17, 15) is 27.6 Å². The molecule has 0 unspecified atom stereocenters. The minimum atomic E-state index is -3.78. The number of carbonyl (C=O) groups is 4. The number of benzene rings is 2. The molecule has 3 rings (SSSR count). The van der Waals surface area contributed by atoms with Crippen LogP contribution in [0.5, 0.6) is 0 Å². The number of amides is 2. The van der Waals surface area contributed by atoms with E-state index < -0.39 is 21.3 Å². The molecular formula is C77H133NO33S. The Morgan fingerprint density at radius 3 is 0.670 bits per heavy atom. The topological polar surface area (TPSA) is 355 Å². The van der Waals surface area contributed by atoms with Gasteiger partial charge in [0.25, 0.3) is 21.9 Å². The molecule has 1 heterocycles. The van der Waals surface area contributed by atoms with E-state index in [2.05, 4.69) is 0 Å². The summed E-state index contributed by atoms with van der Waals surface area (Å²) < 4.78 is 171. The van der Waals surface area contributed by atoms with E-state index in [1.807, 2.05) is 48.5 Å². The van der Waals surface area contributed by atoms with Gasteiger partial charge in [0.15, 0.2) is 0 Å². The van der Waals surface area contributed by atoms with Crippen molar-refractivity contribution in [1.29, 1.82) is 0 Å². The summed E-state index contributed by atoms with van der Waals surface area (Å²) in [6.07, 6.45) is 0.448. The molecule has 0 bridgehead atoms. The molecule has 0 fully saturated rings. The van der Waals surface area contributed by atoms with Crippen molar-refractivity contribution in [2.75, 3.05) is 330 Å². The first kappa shape index (κ1) is 104. The molecule has 0 aliphatic carbocycles. The fraction of sp³-hybridized carbons (Fsp3) is 0.792. The van der Waals surface area contributed by atoms with Gasteiger partial charge < -0.3 is 123 Å². The standard InChI is InChI=1S/C39H65NO16.C38H68O17S/c1-39(2,3)56-36(41)8-10-44-12-14-46-16-18-48-20-22-50-24-26-52-28-30-54-32-33-55-31-29-53-27-25-51-23-21-49-19-17-47-15-13-45-11-9-40-37(42)34-6-4-5-7-35(34)38(40)43;1-35-5-7-36(8-6-35)56(40,41)54-34-33-53-32-31-52-30-29-51-28-27-50-26-25-49-24-23-48-22-21-47-20-19-46-18-17-45-16-15-44-14-13-43-12-11-42-10-9-37(39)55-38(2,3)4/h4-7H,8-33H2,1-3H3;5-8H,9-34H2,1-4H3. The van der Waals surface area contributed by atoms with Crippen molar-refractivity contribution in [3.05, 3.63) is 65.2 Å². The van der Waals surface area contributed by atoms with Gasteiger partial charge in [0.2, 0.25) is 0 Å². The highest BCUT2D eigenvalue weighted by molar-refractivity contribution is 7.86. The van der Waals surface area contributed by atoms with E-state index >= 15 is 0 Å². The molecule has 0 atom stereocenters. The number of imide groups is 1. The van der Waals surface area contributed by atoms with Crippen molar-refractivity contribution in [2.24, 2.45) is 0 Å². The lowest BCUT2D eigenvalue weighted by Gasteiger charge is -2.19. The second kappa shape index (κ2) is 72.9. The van der Waals surface area contributed by atoms with Gasteiger partial charge in [0.05, 0.1) is 359 Å². The third kappa shape index (κ3) is 65.6. The number of carbonyl (C=O) groups excluding carboxylic acids is 4. The molecule has 2 aromatic carbocycles. The molecule has 650 valence electrons. The average molecular weight is 1630 g/mol. The molecule has 35 heteroatoms. The molecule has 0 saturated carbocycles. The maximum Gasteiger partial charge on any atom is 0.308 e. The highest BCUT2D eigenvalue weighted by Gasteiger charge is 2.34. The summed E-state index contributed by atoms with van der Waals surface area (Å²) in [5, 5.41) is 0. The van der Waals surface area contributed by atoms with Gasteiger partial charge >= 0.3 is 11.9 Å². The van der Waals surface area contributed by atoms with Crippen molar-refractivity contribution in [2.45, 2.75) is 77.4 Å². The molecule has 1 aliphatic heterocycles. The van der Waals surface area contributed by atoms with Crippen molar-refractivity contribution in [3.8, 4) is 0 Å². The maximum atomic E-state index is 12.3. The number of ether oxygens (including phenoxy) is 26. The Morgan fingerprint density at radius 1 is 0.277 bits per heavy atom. The molecule has 0 aromatic heterocycles. The molecule has 2 amide bonds. The third-order valence-corrected chi connectivity index (χ3v) is 15.4. The first-order chi connectivity index (χ1) is 54.4. The van der Waals surface area contributed by atoms with Gasteiger partial charge in [-0.15, -0.1) is 0 Å². The summed E-state index contributed by atoms with van der Waals surface area (Å²) in [5.41, 5.74) is 0.884. The second-order valence-electron chi connectivity index (χ2n) is 25.8. The molecule has 0 N–H and O–H groups in total. The van der Waals surface area contributed by atoms with Crippen LogP contribution >= 0.6 is 0 Å². The molecule has 112 heavy (non-hydrogen) atoms. The molecule has 34 nitrogen and oxygen atoms in total. The van der Waals surface area contributed by atoms with Crippen LogP contribution in [0.3, 0.4) is 0 Å². The van der Waals surface area contributed by atoms with Crippen molar-refractivity contribution >= 4 is 33.9 Å². The maximum absolute atomic E-state index is 12.3. The number of nitrogens with zero attached hydrogens (tertiary/aromatic N) is 1. The number of hydrogen-bond acceptors (Lipinski definition) is 33. The molecule has 0 saturated heterocycles. The number of fused-ring (bicyclic) bond motifs is 1. The van der Waals surface area contributed by atoms with Crippen LogP contribution in [-0.2, 0) is 147 Å². The summed E-state index contributed by atoms with van der Waals surface area (Å²) in [6, 6.07) is 13.3. The van der Waals surface area contributed by atoms with Gasteiger partial charge in [-0.3, -0.25) is 28.3 Å². The van der Waals surface area contributed by atoms with E-state index in [0.717, 1.165) is 5.56 Å². The average Bonchev–Trinajstić information content (AvgIpc) is 1.64. The van der Waals surface area contributed by atoms with Crippen LogP contribution in [0.1, 0.15) is 80.7 Å². The Bertz CT molecular complexity index is 2600. The summed E-state index contributed by atoms with van der Waals surface area (Å²) in [5.74, 6) is -1.11. The fourth-order valence-corrected chi connectivity index (χ4v) is 9.60. The lowest BCUT2D eigenvalue weighted by atomic mass is 10.1. The highest BCUT2D eigenvalue weighted by Crippen LogP contribution is 2.22. The van der Waals surface area contributed by atoms with Gasteiger partial charge in [0, 0.05) is 0 Å². The van der Waals surface area contributed by atoms with Crippen LogP contribution in [0.2, 0.25) is 0 Å². The van der Waals surface area contributed by atoms with Crippen LogP contribution in [0, 0.1) is 6.92 Å². The molecule has 2 aromatic rings. The van der Waals surface area contributed by atoms with E-state index in [1.165, 1.54) is 17.0 Å². The number of esters is 2.